The monoisotopic (exact) mass is 440 g/mol. The Balaban J connectivity index is 1.46. The summed E-state index contributed by atoms with van der Waals surface area (Å²) in [5.74, 6) is 0.725. The molecule has 4 aromatic rings. The first-order valence-electron chi connectivity index (χ1n) is 9.06. The third-order valence-corrected chi connectivity index (χ3v) is 5.64. The molecule has 0 unspecified atom stereocenters. The second-order valence-corrected chi connectivity index (χ2v) is 8.00. The molecular weight excluding hydrogens is 423 g/mol. The van der Waals surface area contributed by atoms with Crippen molar-refractivity contribution < 1.29 is 22.3 Å². The number of aromatic nitrogens is 3. The molecule has 0 saturated carbocycles. The number of ether oxygens (including phenoxy) is 2. The molecule has 2 heterocycles. The lowest BCUT2D eigenvalue weighted by atomic mass is 10.3. The Morgan fingerprint density at radius 1 is 0.968 bits per heavy atom. The predicted molar refractivity (Wildman–Crippen MR) is 112 cm³/mol. The molecule has 0 bridgehead atoms. The zero-order chi connectivity index (χ0) is 21.8. The SMILES string of the molecule is COc1ccc(F)cc1S(=O)(=O)Nc1ccc(Oc2ccc(-n3cccc3)nn2)cc1. The summed E-state index contributed by atoms with van der Waals surface area (Å²) in [5.41, 5.74) is 0.271. The first kappa shape index (κ1) is 20.4. The molecule has 2 aromatic carbocycles. The number of methoxy groups -OCH3 is 1. The highest BCUT2D eigenvalue weighted by Gasteiger charge is 2.20. The van der Waals surface area contributed by atoms with Crippen LogP contribution in [0.3, 0.4) is 0 Å². The Morgan fingerprint density at radius 3 is 2.35 bits per heavy atom. The minimum Gasteiger partial charge on any atom is -0.495 e. The molecule has 0 aliphatic heterocycles. The van der Waals surface area contributed by atoms with Gasteiger partial charge in [-0.15, -0.1) is 10.2 Å². The fraction of sp³-hybridized carbons (Fsp3) is 0.0476. The average molecular weight is 440 g/mol. The van der Waals surface area contributed by atoms with Gasteiger partial charge >= 0.3 is 0 Å². The van der Waals surface area contributed by atoms with Gasteiger partial charge in [-0.3, -0.25) is 4.72 Å². The molecule has 8 nitrogen and oxygen atoms in total. The van der Waals surface area contributed by atoms with Gasteiger partial charge in [-0.1, -0.05) is 0 Å². The minimum absolute atomic E-state index is 0.0378. The molecule has 158 valence electrons. The Bertz CT molecular complexity index is 1280. The van der Waals surface area contributed by atoms with E-state index in [1.807, 2.05) is 29.1 Å². The third kappa shape index (κ3) is 4.64. The molecule has 0 atom stereocenters. The van der Waals surface area contributed by atoms with Gasteiger partial charge in [0.05, 0.1) is 7.11 Å². The van der Waals surface area contributed by atoms with Crippen molar-refractivity contribution in [3.63, 3.8) is 0 Å². The van der Waals surface area contributed by atoms with Crippen molar-refractivity contribution in [1.82, 2.24) is 14.8 Å². The molecule has 10 heteroatoms. The average Bonchev–Trinajstić information content (AvgIpc) is 3.30. The fourth-order valence-corrected chi connectivity index (χ4v) is 4.02. The lowest BCUT2D eigenvalue weighted by Crippen LogP contribution is -2.14. The van der Waals surface area contributed by atoms with Crippen LogP contribution >= 0.6 is 0 Å². The maximum atomic E-state index is 13.5. The molecule has 0 radical (unpaired) electrons. The maximum Gasteiger partial charge on any atom is 0.265 e. The van der Waals surface area contributed by atoms with Crippen molar-refractivity contribution in [2.45, 2.75) is 4.90 Å². The van der Waals surface area contributed by atoms with Crippen LogP contribution in [0.1, 0.15) is 0 Å². The number of nitrogens with one attached hydrogen (secondary N) is 1. The van der Waals surface area contributed by atoms with Crippen LogP contribution in [-0.4, -0.2) is 30.3 Å². The van der Waals surface area contributed by atoms with E-state index in [9.17, 15) is 12.8 Å². The van der Waals surface area contributed by atoms with E-state index in [2.05, 4.69) is 14.9 Å². The van der Waals surface area contributed by atoms with Crippen LogP contribution in [0.25, 0.3) is 5.82 Å². The van der Waals surface area contributed by atoms with E-state index < -0.39 is 15.8 Å². The van der Waals surface area contributed by atoms with Gasteiger partial charge in [-0.2, -0.15) is 0 Å². The molecule has 0 fully saturated rings. The van der Waals surface area contributed by atoms with Gasteiger partial charge in [0.15, 0.2) is 5.82 Å². The Kier molecular flexibility index (Phi) is 5.54. The van der Waals surface area contributed by atoms with E-state index in [1.54, 1.807) is 24.3 Å². The largest absolute Gasteiger partial charge is 0.495 e. The predicted octanol–water partition coefficient (Wildman–Crippen LogP) is 4.01. The smallest absolute Gasteiger partial charge is 0.265 e. The van der Waals surface area contributed by atoms with Crippen molar-refractivity contribution in [2.24, 2.45) is 0 Å². The van der Waals surface area contributed by atoms with Crippen molar-refractivity contribution in [3.05, 3.63) is 84.9 Å². The molecule has 1 N–H and O–H groups in total. The van der Waals surface area contributed by atoms with Crippen molar-refractivity contribution in [2.75, 3.05) is 11.8 Å². The van der Waals surface area contributed by atoms with Gasteiger partial charge in [0.25, 0.3) is 10.0 Å². The lowest BCUT2D eigenvalue weighted by molar-refractivity contribution is 0.401. The van der Waals surface area contributed by atoms with Crippen LogP contribution in [0.4, 0.5) is 10.1 Å². The number of sulfonamides is 1. The summed E-state index contributed by atoms with van der Waals surface area (Å²) in [6, 6.07) is 16.6. The normalized spacial score (nSPS) is 11.2. The van der Waals surface area contributed by atoms with Crippen LogP contribution in [0.15, 0.2) is 84.0 Å². The van der Waals surface area contributed by atoms with Gasteiger partial charge < -0.3 is 14.0 Å². The van der Waals surface area contributed by atoms with E-state index in [-0.39, 0.29) is 22.2 Å². The summed E-state index contributed by atoms with van der Waals surface area (Å²) < 4.78 is 53.7. The quantitative estimate of drug-likeness (QED) is 0.467. The van der Waals surface area contributed by atoms with Crippen LogP contribution in [0, 0.1) is 5.82 Å². The number of hydrogen-bond acceptors (Lipinski definition) is 6. The number of hydrogen-bond donors (Lipinski definition) is 1. The zero-order valence-corrected chi connectivity index (χ0v) is 17.1. The summed E-state index contributed by atoms with van der Waals surface area (Å²) in [6.07, 6.45) is 3.70. The molecule has 2 aromatic heterocycles. The molecule has 0 amide bonds. The number of rotatable bonds is 7. The second-order valence-electron chi connectivity index (χ2n) is 6.35. The molecule has 0 aliphatic carbocycles. The molecule has 0 aliphatic rings. The van der Waals surface area contributed by atoms with E-state index in [0.29, 0.717) is 11.6 Å². The summed E-state index contributed by atoms with van der Waals surface area (Å²) in [7, 11) is -2.75. The Labute approximate surface area is 177 Å². The summed E-state index contributed by atoms with van der Waals surface area (Å²) in [4.78, 5) is -0.298. The fourth-order valence-electron chi connectivity index (χ4n) is 2.77. The summed E-state index contributed by atoms with van der Waals surface area (Å²) >= 11 is 0. The maximum absolute atomic E-state index is 13.5. The third-order valence-electron chi connectivity index (χ3n) is 4.24. The highest BCUT2D eigenvalue weighted by atomic mass is 32.2. The van der Waals surface area contributed by atoms with Crippen LogP contribution in [-0.2, 0) is 10.0 Å². The highest BCUT2D eigenvalue weighted by molar-refractivity contribution is 7.92. The van der Waals surface area contributed by atoms with Crippen molar-refractivity contribution >= 4 is 15.7 Å². The topological polar surface area (TPSA) is 95.3 Å². The highest BCUT2D eigenvalue weighted by Crippen LogP contribution is 2.28. The van der Waals surface area contributed by atoms with Gasteiger partial charge in [0, 0.05) is 24.1 Å². The van der Waals surface area contributed by atoms with E-state index in [0.717, 1.165) is 12.1 Å². The van der Waals surface area contributed by atoms with Gasteiger partial charge in [-0.25, -0.2) is 12.8 Å². The van der Waals surface area contributed by atoms with Gasteiger partial charge in [0.2, 0.25) is 5.88 Å². The van der Waals surface area contributed by atoms with E-state index >= 15 is 0 Å². The minimum atomic E-state index is -4.06. The number of halogens is 1. The van der Waals surface area contributed by atoms with Crippen LogP contribution < -0.4 is 14.2 Å². The first-order chi connectivity index (χ1) is 14.9. The first-order valence-corrected chi connectivity index (χ1v) is 10.5. The Hall–Kier alpha value is -3.92. The molecular formula is C21H17FN4O4S. The number of anilines is 1. The Morgan fingerprint density at radius 2 is 1.71 bits per heavy atom. The van der Waals surface area contributed by atoms with Crippen molar-refractivity contribution in [1.29, 1.82) is 0 Å². The number of benzene rings is 2. The van der Waals surface area contributed by atoms with Crippen LogP contribution in [0.2, 0.25) is 0 Å². The van der Waals surface area contributed by atoms with Gasteiger partial charge in [0.1, 0.15) is 22.2 Å². The molecule has 31 heavy (non-hydrogen) atoms. The second kappa shape index (κ2) is 8.44. The van der Waals surface area contributed by atoms with E-state index in [4.69, 9.17) is 9.47 Å². The molecule has 0 spiro atoms. The zero-order valence-electron chi connectivity index (χ0n) is 16.3. The molecule has 0 saturated heterocycles. The standard InChI is InChI=1S/C21H17FN4O4S/c1-29-18-9-4-15(22)14-19(18)31(27,28)25-16-5-7-17(8-6-16)30-21-11-10-20(23-24-21)26-12-2-3-13-26/h2-14,25H,1H3. The number of nitrogens with zero attached hydrogens (tertiary/aromatic N) is 3. The summed E-state index contributed by atoms with van der Waals surface area (Å²) in [6.45, 7) is 0. The van der Waals surface area contributed by atoms with E-state index in [1.165, 1.54) is 25.3 Å². The van der Waals surface area contributed by atoms with Gasteiger partial charge in [-0.05, 0) is 60.7 Å². The van der Waals surface area contributed by atoms with Crippen molar-refractivity contribution in [3.8, 4) is 23.2 Å². The van der Waals surface area contributed by atoms with Crippen LogP contribution in [0.5, 0.6) is 17.4 Å². The lowest BCUT2D eigenvalue weighted by Gasteiger charge is -2.12. The molecule has 4 rings (SSSR count). The summed E-state index contributed by atoms with van der Waals surface area (Å²) in [5, 5.41) is 8.12.